The lowest BCUT2D eigenvalue weighted by molar-refractivity contribution is -0.113. The topological polar surface area (TPSA) is 55.8 Å². The number of hydrogen-bond acceptors (Lipinski definition) is 5. The van der Waals surface area contributed by atoms with Gasteiger partial charge in [0, 0.05) is 0 Å². The van der Waals surface area contributed by atoms with Gasteiger partial charge in [-0.05, 0) is 78.4 Å². The zero-order chi connectivity index (χ0) is 24.2. The van der Waals surface area contributed by atoms with E-state index in [0.717, 1.165) is 22.2 Å². The number of anilines is 1. The minimum Gasteiger partial charge on any atom is -0.490 e. The second-order valence-electron chi connectivity index (χ2n) is 7.17. The number of halogens is 3. The van der Waals surface area contributed by atoms with Crippen LogP contribution < -0.4 is 14.4 Å². The van der Waals surface area contributed by atoms with Crippen LogP contribution in [0.5, 0.6) is 11.5 Å². The predicted molar refractivity (Wildman–Crippen MR) is 133 cm³/mol. The largest absolute Gasteiger partial charge is 0.490 e. The predicted octanol–water partition coefficient (Wildman–Crippen LogP) is 7.35. The highest BCUT2D eigenvalue weighted by molar-refractivity contribution is 8.19. The summed E-state index contributed by atoms with van der Waals surface area (Å²) in [5.41, 5.74) is 1.82. The fourth-order valence-corrected chi connectivity index (χ4v) is 4.34. The summed E-state index contributed by atoms with van der Waals surface area (Å²) >= 11 is 12.8. The van der Waals surface area contributed by atoms with Gasteiger partial charge in [-0.3, -0.25) is 9.59 Å². The highest BCUT2D eigenvalue weighted by Gasteiger charge is 2.36. The van der Waals surface area contributed by atoms with E-state index >= 15 is 0 Å². The van der Waals surface area contributed by atoms with Crippen LogP contribution in [0.15, 0.2) is 65.6 Å². The number of imide groups is 1. The second kappa shape index (κ2) is 10.5. The van der Waals surface area contributed by atoms with Crippen molar-refractivity contribution in [1.29, 1.82) is 0 Å². The summed E-state index contributed by atoms with van der Waals surface area (Å²) in [6.07, 6.45) is 1.62. The van der Waals surface area contributed by atoms with E-state index < -0.39 is 11.1 Å². The van der Waals surface area contributed by atoms with Gasteiger partial charge in [-0.15, -0.1) is 0 Å². The van der Waals surface area contributed by atoms with Gasteiger partial charge in [-0.2, -0.15) is 0 Å². The molecular weight excluding hydrogens is 500 g/mol. The molecule has 0 bridgehead atoms. The first kappa shape index (κ1) is 24.1. The Labute approximate surface area is 210 Å². The Morgan fingerprint density at radius 2 is 1.71 bits per heavy atom. The molecule has 3 aromatic rings. The van der Waals surface area contributed by atoms with Crippen LogP contribution in [0.25, 0.3) is 6.08 Å². The van der Waals surface area contributed by atoms with Gasteiger partial charge < -0.3 is 9.47 Å². The molecule has 0 radical (unpaired) electrons. The first-order valence-electron chi connectivity index (χ1n) is 10.2. The molecule has 0 unspecified atom stereocenters. The van der Waals surface area contributed by atoms with Gasteiger partial charge in [-0.1, -0.05) is 41.4 Å². The summed E-state index contributed by atoms with van der Waals surface area (Å²) in [5.74, 6) is 0.226. The molecule has 0 N–H and O–H groups in total. The normalized spacial score (nSPS) is 14.7. The maximum atomic E-state index is 13.1. The first-order chi connectivity index (χ1) is 16.4. The van der Waals surface area contributed by atoms with Crippen molar-refractivity contribution in [3.8, 4) is 11.5 Å². The molecule has 2 amide bonds. The SMILES string of the molecule is CCOc1cc(/C=C2/SC(=O)N(c3ccc(Cl)c(Cl)c3)C2=O)ccc1OCc1ccc(F)cc1. The number of ether oxygens (including phenoxy) is 2. The van der Waals surface area contributed by atoms with Crippen LogP contribution in [0.1, 0.15) is 18.1 Å². The monoisotopic (exact) mass is 517 g/mol. The highest BCUT2D eigenvalue weighted by atomic mass is 35.5. The van der Waals surface area contributed by atoms with Crippen LogP contribution in [0.2, 0.25) is 10.0 Å². The molecule has 34 heavy (non-hydrogen) atoms. The first-order valence-corrected chi connectivity index (χ1v) is 11.8. The minimum atomic E-state index is -0.456. The summed E-state index contributed by atoms with van der Waals surface area (Å²) in [7, 11) is 0. The molecule has 1 aliphatic rings. The molecular formula is C25H18Cl2FNO4S. The van der Waals surface area contributed by atoms with Gasteiger partial charge in [0.1, 0.15) is 12.4 Å². The molecule has 0 aromatic heterocycles. The molecule has 1 fully saturated rings. The summed E-state index contributed by atoms with van der Waals surface area (Å²) in [6, 6.07) is 15.8. The number of nitrogens with zero attached hydrogens (tertiary/aromatic N) is 1. The number of hydrogen-bond donors (Lipinski definition) is 0. The lowest BCUT2D eigenvalue weighted by Gasteiger charge is -2.13. The maximum absolute atomic E-state index is 13.1. The maximum Gasteiger partial charge on any atom is 0.298 e. The summed E-state index contributed by atoms with van der Waals surface area (Å²) in [5, 5.41) is 0.150. The number of rotatable bonds is 7. The third kappa shape index (κ3) is 5.38. The van der Waals surface area contributed by atoms with Gasteiger partial charge in [-0.25, -0.2) is 9.29 Å². The van der Waals surface area contributed by atoms with Crippen molar-refractivity contribution in [2.45, 2.75) is 13.5 Å². The molecule has 0 spiro atoms. The van der Waals surface area contributed by atoms with Crippen molar-refractivity contribution in [2.75, 3.05) is 11.5 Å². The number of amides is 2. The molecule has 0 saturated carbocycles. The molecule has 1 saturated heterocycles. The smallest absolute Gasteiger partial charge is 0.298 e. The quantitative estimate of drug-likeness (QED) is 0.306. The van der Waals surface area contributed by atoms with Gasteiger partial charge in [0.2, 0.25) is 0 Å². The van der Waals surface area contributed by atoms with Crippen molar-refractivity contribution in [3.05, 3.63) is 92.6 Å². The summed E-state index contributed by atoms with van der Waals surface area (Å²) in [4.78, 5) is 26.8. The number of thioether (sulfide) groups is 1. The zero-order valence-electron chi connectivity index (χ0n) is 17.9. The summed E-state index contributed by atoms with van der Waals surface area (Å²) in [6.45, 7) is 2.49. The van der Waals surface area contributed by atoms with E-state index in [9.17, 15) is 14.0 Å². The molecule has 1 aliphatic heterocycles. The summed E-state index contributed by atoms with van der Waals surface area (Å²) < 4.78 is 24.7. The van der Waals surface area contributed by atoms with E-state index in [1.165, 1.54) is 24.3 Å². The van der Waals surface area contributed by atoms with Gasteiger partial charge in [0.15, 0.2) is 11.5 Å². The Balaban J connectivity index is 1.55. The average Bonchev–Trinajstić information content (AvgIpc) is 3.09. The van der Waals surface area contributed by atoms with Crippen LogP contribution in [-0.2, 0) is 11.4 Å². The molecule has 174 valence electrons. The van der Waals surface area contributed by atoms with Gasteiger partial charge >= 0.3 is 0 Å². The Kier molecular flexibility index (Phi) is 7.46. The fourth-order valence-electron chi connectivity index (χ4n) is 3.21. The van der Waals surface area contributed by atoms with Crippen LogP contribution in [0.4, 0.5) is 14.9 Å². The standard InChI is InChI=1S/C25H18Cl2FNO4S/c1-2-32-22-11-16(5-10-21(22)33-14-15-3-6-17(28)7-4-15)12-23-24(30)29(25(31)34-23)18-8-9-19(26)20(27)13-18/h3-13H,2,14H2,1H3/b23-12+. The zero-order valence-corrected chi connectivity index (χ0v) is 20.2. The Morgan fingerprint density at radius 3 is 2.41 bits per heavy atom. The molecule has 3 aromatic carbocycles. The molecule has 9 heteroatoms. The van der Waals surface area contributed by atoms with E-state index in [0.29, 0.717) is 34.4 Å². The van der Waals surface area contributed by atoms with Gasteiger partial charge in [0.05, 0.1) is 27.2 Å². The third-order valence-corrected chi connectivity index (χ3v) is 6.44. The molecule has 0 aliphatic carbocycles. The molecule has 4 rings (SSSR count). The molecule has 1 heterocycles. The van der Waals surface area contributed by atoms with E-state index in [-0.39, 0.29) is 22.4 Å². The average molecular weight is 518 g/mol. The van der Waals surface area contributed by atoms with Crippen molar-refractivity contribution < 1.29 is 23.5 Å². The van der Waals surface area contributed by atoms with Crippen LogP contribution in [0, 0.1) is 5.82 Å². The molecule has 5 nitrogen and oxygen atoms in total. The highest BCUT2D eigenvalue weighted by Crippen LogP contribution is 2.38. The Hall–Kier alpha value is -3.00. The number of carbonyl (C=O) groups is 2. The number of benzene rings is 3. The van der Waals surface area contributed by atoms with Crippen molar-refractivity contribution in [1.82, 2.24) is 0 Å². The van der Waals surface area contributed by atoms with Crippen LogP contribution >= 0.6 is 35.0 Å². The van der Waals surface area contributed by atoms with Crippen molar-refractivity contribution in [2.24, 2.45) is 0 Å². The van der Waals surface area contributed by atoms with Crippen molar-refractivity contribution in [3.63, 3.8) is 0 Å². The molecule has 0 atom stereocenters. The van der Waals surface area contributed by atoms with Crippen molar-refractivity contribution >= 4 is 57.9 Å². The Bertz CT molecular complexity index is 1280. The van der Waals surface area contributed by atoms with Crippen LogP contribution in [0.3, 0.4) is 0 Å². The van der Waals surface area contributed by atoms with E-state index in [2.05, 4.69) is 0 Å². The fraction of sp³-hybridized carbons (Fsp3) is 0.120. The Morgan fingerprint density at radius 1 is 0.941 bits per heavy atom. The minimum absolute atomic E-state index is 0.238. The van der Waals surface area contributed by atoms with E-state index in [4.69, 9.17) is 32.7 Å². The lowest BCUT2D eigenvalue weighted by Crippen LogP contribution is -2.27. The number of carbonyl (C=O) groups excluding carboxylic acids is 2. The lowest BCUT2D eigenvalue weighted by atomic mass is 10.1. The van der Waals surface area contributed by atoms with E-state index in [1.807, 2.05) is 6.92 Å². The van der Waals surface area contributed by atoms with Crippen LogP contribution in [-0.4, -0.2) is 17.8 Å². The third-order valence-electron chi connectivity index (χ3n) is 4.83. The van der Waals surface area contributed by atoms with Gasteiger partial charge in [0.25, 0.3) is 11.1 Å². The van der Waals surface area contributed by atoms with E-state index in [1.54, 1.807) is 42.5 Å². The second-order valence-corrected chi connectivity index (χ2v) is 8.98.